The van der Waals surface area contributed by atoms with Crippen LogP contribution in [0.1, 0.15) is 19.8 Å². The molecule has 0 bridgehead atoms. The molecule has 0 rings (SSSR count). The maximum absolute atomic E-state index is 10.7. The van der Waals surface area contributed by atoms with E-state index in [0.717, 1.165) is 23.5 Å². The quantitative estimate of drug-likeness (QED) is 0.293. The number of carbonyl (C=O) groups excluding carboxylic acids is 2. The lowest BCUT2D eigenvalue weighted by Crippen LogP contribution is -2.21. The van der Waals surface area contributed by atoms with Crippen molar-refractivity contribution in [2.75, 3.05) is 19.4 Å². The van der Waals surface area contributed by atoms with Crippen molar-refractivity contribution in [2.24, 2.45) is 0 Å². The Bertz CT molecular complexity index is 216. The van der Waals surface area contributed by atoms with Gasteiger partial charge in [0.2, 0.25) is 5.91 Å². The van der Waals surface area contributed by atoms with Gasteiger partial charge >= 0.3 is 5.97 Å². The van der Waals surface area contributed by atoms with Crippen LogP contribution < -0.4 is 5.32 Å². The van der Waals surface area contributed by atoms with Crippen LogP contribution in [0.25, 0.3) is 0 Å². The molecule has 1 N–H and O–H groups in total. The number of thiol groups is 1. The molecule has 5 heteroatoms. The molecular weight excluding hydrogens is 202 g/mol. The Balaban J connectivity index is 3.28. The van der Waals surface area contributed by atoms with Crippen LogP contribution in [0.15, 0.2) is 0 Å². The monoisotopic (exact) mass is 219 g/mol. The highest BCUT2D eigenvalue weighted by molar-refractivity contribution is 7.97. The molecule has 0 unspecified atom stereocenters. The second-order valence-electron chi connectivity index (χ2n) is 2.69. The van der Waals surface area contributed by atoms with Gasteiger partial charge in [-0.15, -0.1) is 0 Å². The van der Waals surface area contributed by atoms with Gasteiger partial charge in [0.1, 0.15) is 0 Å². The van der Waals surface area contributed by atoms with Crippen LogP contribution >= 0.6 is 11.4 Å². The smallest absolute Gasteiger partial charge is 0.305 e. The average Bonchev–Trinajstić information content (AvgIpc) is 2.15. The zero-order valence-electron chi connectivity index (χ0n) is 8.58. The number of esters is 1. The minimum atomic E-state index is -0.182. The Morgan fingerprint density at radius 2 is 2.21 bits per heavy atom. The highest BCUT2D eigenvalue weighted by Gasteiger charge is 1.95. The average molecular weight is 219 g/mol. The van der Waals surface area contributed by atoms with Crippen molar-refractivity contribution < 1.29 is 14.3 Å². The molecule has 0 saturated carbocycles. The molecule has 0 heterocycles. The first-order chi connectivity index (χ1) is 6.66. The van der Waals surface area contributed by atoms with Gasteiger partial charge in [0.05, 0.1) is 7.11 Å². The first-order valence-corrected chi connectivity index (χ1v) is 5.61. The van der Waals surface area contributed by atoms with Crippen LogP contribution in [-0.2, 0) is 14.3 Å². The van der Waals surface area contributed by atoms with E-state index >= 15 is 0 Å². The number of rotatable bonds is 6. The van der Waals surface area contributed by atoms with E-state index in [-0.39, 0.29) is 11.9 Å². The summed E-state index contributed by atoms with van der Waals surface area (Å²) in [5, 5.41) is 4.71. The normalized spacial score (nSPS) is 10.7. The van der Waals surface area contributed by atoms with Gasteiger partial charge in [0, 0.05) is 25.6 Å². The Labute approximate surface area is 88.0 Å². The molecule has 0 fully saturated rings. The number of carbonyl (C=O) groups is 2. The summed E-state index contributed by atoms with van der Waals surface area (Å²) in [7, 11) is 1.39. The number of hydrogen-bond acceptors (Lipinski definition) is 3. The number of nitrogens with one attached hydrogen (secondary N) is 1. The Morgan fingerprint density at radius 3 is 2.79 bits per heavy atom. The summed E-state index contributed by atoms with van der Waals surface area (Å²) in [5.41, 5.74) is 0. The predicted molar refractivity (Wildman–Crippen MR) is 59.9 cm³/mol. The van der Waals surface area contributed by atoms with Gasteiger partial charge in [-0.3, -0.25) is 9.59 Å². The van der Waals surface area contributed by atoms with E-state index in [0.29, 0.717) is 13.0 Å². The molecule has 14 heavy (non-hydrogen) atoms. The third-order valence-electron chi connectivity index (χ3n) is 1.45. The SMILES string of the molecule is COC(=O)CCC=[SH]CCNC(C)=O. The summed E-state index contributed by atoms with van der Waals surface area (Å²) < 4.78 is 4.49. The topological polar surface area (TPSA) is 55.4 Å². The molecule has 1 amide bonds. The lowest BCUT2D eigenvalue weighted by Gasteiger charge is -1.97. The van der Waals surface area contributed by atoms with Crippen molar-refractivity contribution in [1.29, 1.82) is 0 Å². The number of methoxy groups -OCH3 is 1. The van der Waals surface area contributed by atoms with Crippen LogP contribution in [0.3, 0.4) is 0 Å². The third-order valence-corrected chi connectivity index (χ3v) is 2.45. The Kier molecular flexibility index (Phi) is 8.22. The molecule has 0 aliphatic carbocycles. The van der Waals surface area contributed by atoms with E-state index in [4.69, 9.17) is 0 Å². The summed E-state index contributed by atoms with van der Waals surface area (Å²) >= 11 is 1.14. The van der Waals surface area contributed by atoms with Gasteiger partial charge < -0.3 is 10.1 Å². The first kappa shape index (κ1) is 13.2. The summed E-state index contributed by atoms with van der Waals surface area (Å²) in [6.07, 6.45) is 1.16. The van der Waals surface area contributed by atoms with Crippen LogP contribution in [0, 0.1) is 0 Å². The van der Waals surface area contributed by atoms with Crippen molar-refractivity contribution in [1.82, 2.24) is 5.32 Å². The molecule has 0 radical (unpaired) electrons. The lowest BCUT2D eigenvalue weighted by atomic mass is 10.3. The molecule has 0 atom stereocenters. The second-order valence-corrected chi connectivity index (χ2v) is 3.86. The van der Waals surface area contributed by atoms with E-state index < -0.39 is 0 Å². The van der Waals surface area contributed by atoms with Gasteiger partial charge in [-0.1, -0.05) is 5.37 Å². The maximum atomic E-state index is 10.7. The van der Waals surface area contributed by atoms with Gasteiger partial charge in [-0.05, 0) is 6.42 Å². The van der Waals surface area contributed by atoms with E-state index in [2.05, 4.69) is 10.1 Å². The number of hydrogen-bond donors (Lipinski definition) is 2. The van der Waals surface area contributed by atoms with Gasteiger partial charge in [0.25, 0.3) is 0 Å². The van der Waals surface area contributed by atoms with Crippen molar-refractivity contribution in [3.63, 3.8) is 0 Å². The van der Waals surface area contributed by atoms with Crippen molar-refractivity contribution in [3.05, 3.63) is 0 Å². The van der Waals surface area contributed by atoms with Crippen molar-refractivity contribution >= 4 is 28.6 Å². The van der Waals surface area contributed by atoms with Crippen LogP contribution in [0.2, 0.25) is 0 Å². The highest BCUT2D eigenvalue weighted by Crippen LogP contribution is 1.92. The molecular formula is C9H17NO3S. The van der Waals surface area contributed by atoms with Crippen molar-refractivity contribution in [3.8, 4) is 0 Å². The van der Waals surface area contributed by atoms with E-state index in [1.165, 1.54) is 14.0 Å². The van der Waals surface area contributed by atoms with Crippen LogP contribution in [0.4, 0.5) is 0 Å². The summed E-state index contributed by atoms with van der Waals surface area (Å²) in [5.74, 6) is 0.703. The number of amides is 1. The molecule has 0 aliphatic rings. The molecule has 82 valence electrons. The zero-order chi connectivity index (χ0) is 10.8. The van der Waals surface area contributed by atoms with E-state index in [1.54, 1.807) is 0 Å². The lowest BCUT2D eigenvalue weighted by molar-refractivity contribution is -0.140. The van der Waals surface area contributed by atoms with Gasteiger partial charge in [0.15, 0.2) is 0 Å². The summed E-state index contributed by atoms with van der Waals surface area (Å²) in [6.45, 7) is 2.18. The summed E-state index contributed by atoms with van der Waals surface area (Å²) in [6, 6.07) is 0. The zero-order valence-corrected chi connectivity index (χ0v) is 9.47. The minimum absolute atomic E-state index is 0.00485. The van der Waals surface area contributed by atoms with E-state index in [1.807, 2.05) is 5.37 Å². The van der Waals surface area contributed by atoms with Crippen molar-refractivity contribution in [2.45, 2.75) is 19.8 Å². The maximum Gasteiger partial charge on any atom is 0.305 e. The fourth-order valence-electron chi connectivity index (χ4n) is 0.764. The fraction of sp³-hybridized carbons (Fsp3) is 0.667. The molecule has 0 aliphatic heterocycles. The Morgan fingerprint density at radius 1 is 1.50 bits per heavy atom. The molecule has 0 spiro atoms. The van der Waals surface area contributed by atoms with E-state index in [9.17, 15) is 9.59 Å². The predicted octanol–water partition coefficient (Wildman–Crippen LogP) is 0.343. The highest BCUT2D eigenvalue weighted by atomic mass is 32.1. The molecule has 0 aromatic heterocycles. The van der Waals surface area contributed by atoms with Gasteiger partial charge in [-0.2, -0.15) is 0 Å². The summed E-state index contributed by atoms with van der Waals surface area (Å²) in [4.78, 5) is 21.2. The minimum Gasteiger partial charge on any atom is -0.469 e. The first-order valence-electron chi connectivity index (χ1n) is 4.46. The van der Waals surface area contributed by atoms with Gasteiger partial charge in [-0.25, -0.2) is 11.4 Å². The molecule has 4 nitrogen and oxygen atoms in total. The standard InChI is InChI=1S/C9H17NO3S/c1-8(11)10-5-7-14-6-3-4-9(12)13-2/h6,14H,3-5,7H2,1-2H3,(H,10,11). The molecule has 0 saturated heterocycles. The number of ether oxygens (including phenoxy) is 1. The third kappa shape index (κ3) is 9.25. The van der Waals surface area contributed by atoms with Crippen LogP contribution in [-0.4, -0.2) is 36.7 Å². The molecule has 0 aromatic carbocycles. The van der Waals surface area contributed by atoms with Crippen LogP contribution in [0.5, 0.6) is 0 Å². The molecule has 0 aromatic rings. The Hall–Kier alpha value is -0.840. The fourth-order valence-corrected chi connectivity index (χ4v) is 1.50. The second kappa shape index (κ2) is 8.74. The largest absolute Gasteiger partial charge is 0.469 e.